The van der Waals surface area contributed by atoms with Crippen LogP contribution in [0, 0.1) is 0 Å². The summed E-state index contributed by atoms with van der Waals surface area (Å²) in [6, 6.07) is 5.94. The lowest BCUT2D eigenvalue weighted by molar-refractivity contribution is 0.174. The second-order valence-corrected chi connectivity index (χ2v) is 3.94. The van der Waals surface area contributed by atoms with Gasteiger partial charge >= 0.3 is 6.03 Å². The molecule has 2 aliphatic heterocycles. The van der Waals surface area contributed by atoms with E-state index in [1.807, 2.05) is 18.2 Å². The number of rotatable bonds is 2. The van der Waals surface area contributed by atoms with Crippen LogP contribution in [0.15, 0.2) is 18.2 Å². The summed E-state index contributed by atoms with van der Waals surface area (Å²) >= 11 is 0. The average molecular weight is 220 g/mol. The highest BCUT2D eigenvalue weighted by Crippen LogP contribution is 2.32. The number of nitrogens with one attached hydrogen (secondary N) is 2. The summed E-state index contributed by atoms with van der Waals surface area (Å²) in [4.78, 5) is 11.0. The van der Waals surface area contributed by atoms with E-state index in [-0.39, 0.29) is 12.1 Å². The van der Waals surface area contributed by atoms with E-state index >= 15 is 0 Å². The Morgan fingerprint density at radius 3 is 3.00 bits per heavy atom. The first kappa shape index (κ1) is 9.33. The van der Waals surface area contributed by atoms with Crippen molar-refractivity contribution in [1.29, 1.82) is 0 Å². The van der Waals surface area contributed by atoms with Gasteiger partial charge in [-0.3, -0.25) is 0 Å². The minimum absolute atomic E-state index is 0.0919. The van der Waals surface area contributed by atoms with Gasteiger partial charge in [-0.15, -0.1) is 0 Å². The first-order valence-electron chi connectivity index (χ1n) is 5.24. The van der Waals surface area contributed by atoms with Crippen LogP contribution >= 0.6 is 0 Å². The number of fused-ring (bicyclic) bond motifs is 1. The van der Waals surface area contributed by atoms with E-state index in [1.54, 1.807) is 0 Å². The maximum atomic E-state index is 11.0. The van der Waals surface area contributed by atoms with Crippen molar-refractivity contribution in [3.05, 3.63) is 23.8 Å². The van der Waals surface area contributed by atoms with Crippen molar-refractivity contribution in [1.82, 2.24) is 10.6 Å². The van der Waals surface area contributed by atoms with Crippen molar-refractivity contribution >= 4 is 6.03 Å². The second kappa shape index (κ2) is 3.59. The van der Waals surface area contributed by atoms with E-state index in [2.05, 4.69) is 10.6 Å². The van der Waals surface area contributed by atoms with Gasteiger partial charge in [-0.05, 0) is 24.1 Å². The summed E-state index contributed by atoms with van der Waals surface area (Å²) in [6.45, 7) is 0.966. The minimum Gasteiger partial charge on any atom is -0.454 e. The van der Waals surface area contributed by atoms with Crippen LogP contribution in [0.4, 0.5) is 4.79 Å². The Morgan fingerprint density at radius 2 is 2.19 bits per heavy atom. The first-order chi connectivity index (χ1) is 7.81. The van der Waals surface area contributed by atoms with Gasteiger partial charge in [-0.25, -0.2) is 4.79 Å². The largest absolute Gasteiger partial charge is 0.454 e. The fraction of sp³-hybridized carbons (Fsp3) is 0.364. The Morgan fingerprint density at radius 1 is 1.31 bits per heavy atom. The minimum atomic E-state index is -0.0919. The van der Waals surface area contributed by atoms with Crippen LogP contribution in [0.3, 0.4) is 0 Å². The monoisotopic (exact) mass is 220 g/mol. The number of carbonyl (C=O) groups is 1. The van der Waals surface area contributed by atoms with Gasteiger partial charge in [0.05, 0.1) is 6.04 Å². The van der Waals surface area contributed by atoms with Crippen molar-refractivity contribution < 1.29 is 14.3 Å². The Kier molecular flexibility index (Phi) is 2.09. The van der Waals surface area contributed by atoms with Crippen molar-refractivity contribution in [2.24, 2.45) is 0 Å². The molecule has 2 amide bonds. The quantitative estimate of drug-likeness (QED) is 0.769. The summed E-state index contributed by atoms with van der Waals surface area (Å²) in [5.74, 6) is 1.58. The highest BCUT2D eigenvalue weighted by molar-refractivity contribution is 5.76. The zero-order valence-electron chi connectivity index (χ0n) is 8.66. The number of amides is 2. The fourth-order valence-corrected chi connectivity index (χ4v) is 1.98. The standard InChI is InChI=1S/C11H12N2O3/c14-11-12-5-8(13-11)3-7-1-2-9-10(4-7)16-6-15-9/h1-2,4,8H,3,5-6H2,(H2,12,13,14). The highest BCUT2D eigenvalue weighted by atomic mass is 16.7. The molecular formula is C11H12N2O3. The molecule has 16 heavy (non-hydrogen) atoms. The van der Waals surface area contributed by atoms with Crippen LogP contribution < -0.4 is 20.1 Å². The first-order valence-corrected chi connectivity index (χ1v) is 5.24. The summed E-state index contributed by atoms with van der Waals surface area (Å²) in [7, 11) is 0. The molecule has 0 spiro atoms. The predicted molar refractivity (Wildman–Crippen MR) is 56.6 cm³/mol. The van der Waals surface area contributed by atoms with E-state index < -0.39 is 0 Å². The molecule has 0 bridgehead atoms. The molecule has 84 valence electrons. The summed E-state index contributed by atoms with van der Waals surface area (Å²) in [5.41, 5.74) is 1.14. The van der Waals surface area contributed by atoms with Gasteiger partial charge in [-0.2, -0.15) is 0 Å². The van der Waals surface area contributed by atoms with Gasteiger partial charge in [0, 0.05) is 6.54 Å². The zero-order chi connectivity index (χ0) is 11.0. The molecule has 0 aromatic heterocycles. The molecule has 5 heteroatoms. The Bertz CT molecular complexity index is 433. The average Bonchev–Trinajstić information content (AvgIpc) is 2.87. The molecule has 5 nitrogen and oxygen atoms in total. The smallest absolute Gasteiger partial charge is 0.315 e. The topological polar surface area (TPSA) is 59.6 Å². The molecule has 1 aromatic rings. The van der Waals surface area contributed by atoms with Crippen LogP contribution in [-0.2, 0) is 6.42 Å². The Labute approximate surface area is 92.7 Å². The number of hydrogen-bond donors (Lipinski definition) is 2. The molecule has 1 unspecified atom stereocenters. The predicted octanol–water partition coefficient (Wildman–Crippen LogP) is 0.639. The van der Waals surface area contributed by atoms with Crippen molar-refractivity contribution in [3.8, 4) is 11.5 Å². The van der Waals surface area contributed by atoms with Crippen molar-refractivity contribution in [2.45, 2.75) is 12.5 Å². The third-order valence-corrected chi connectivity index (χ3v) is 2.76. The van der Waals surface area contributed by atoms with Crippen LogP contribution in [-0.4, -0.2) is 25.4 Å². The molecule has 1 aromatic carbocycles. The second-order valence-electron chi connectivity index (χ2n) is 3.94. The zero-order valence-corrected chi connectivity index (χ0v) is 8.66. The van der Waals surface area contributed by atoms with Crippen molar-refractivity contribution in [2.75, 3.05) is 13.3 Å². The van der Waals surface area contributed by atoms with E-state index in [9.17, 15) is 4.79 Å². The molecule has 0 aliphatic carbocycles. The van der Waals surface area contributed by atoms with Crippen molar-refractivity contribution in [3.63, 3.8) is 0 Å². The molecule has 2 N–H and O–H groups in total. The lowest BCUT2D eigenvalue weighted by Crippen LogP contribution is -2.28. The molecule has 1 fully saturated rings. The van der Waals surface area contributed by atoms with Crippen LogP contribution in [0.5, 0.6) is 11.5 Å². The molecule has 0 saturated carbocycles. The molecule has 1 atom stereocenters. The SMILES string of the molecule is O=C1NCC(Cc2ccc3c(c2)OCO3)N1. The molecule has 2 aliphatic rings. The van der Waals surface area contributed by atoms with E-state index in [0.717, 1.165) is 23.5 Å². The van der Waals surface area contributed by atoms with E-state index in [1.165, 1.54) is 0 Å². The number of ether oxygens (including phenoxy) is 2. The molecule has 1 saturated heterocycles. The summed E-state index contributed by atoms with van der Waals surface area (Å²) in [5, 5.41) is 5.58. The van der Waals surface area contributed by atoms with Crippen LogP contribution in [0.25, 0.3) is 0 Å². The summed E-state index contributed by atoms with van der Waals surface area (Å²) < 4.78 is 10.5. The maximum Gasteiger partial charge on any atom is 0.315 e. The number of urea groups is 1. The Hall–Kier alpha value is -1.91. The maximum absolute atomic E-state index is 11.0. The van der Waals surface area contributed by atoms with Gasteiger partial charge in [-0.1, -0.05) is 6.07 Å². The lowest BCUT2D eigenvalue weighted by Gasteiger charge is -2.08. The molecular weight excluding hydrogens is 208 g/mol. The number of hydrogen-bond acceptors (Lipinski definition) is 3. The highest BCUT2D eigenvalue weighted by Gasteiger charge is 2.21. The van der Waals surface area contributed by atoms with E-state index in [4.69, 9.17) is 9.47 Å². The van der Waals surface area contributed by atoms with E-state index in [0.29, 0.717) is 13.3 Å². The normalized spacial score (nSPS) is 21.8. The third kappa shape index (κ3) is 1.64. The van der Waals surface area contributed by atoms with Crippen LogP contribution in [0.2, 0.25) is 0 Å². The molecule has 2 heterocycles. The van der Waals surface area contributed by atoms with Gasteiger partial charge in [0.15, 0.2) is 11.5 Å². The lowest BCUT2D eigenvalue weighted by atomic mass is 10.1. The molecule has 0 radical (unpaired) electrons. The Balaban J connectivity index is 1.73. The number of benzene rings is 1. The summed E-state index contributed by atoms with van der Waals surface area (Å²) in [6.07, 6.45) is 0.801. The van der Waals surface area contributed by atoms with Gasteiger partial charge < -0.3 is 20.1 Å². The third-order valence-electron chi connectivity index (χ3n) is 2.76. The number of carbonyl (C=O) groups excluding carboxylic acids is 1. The van der Waals surface area contributed by atoms with Crippen LogP contribution in [0.1, 0.15) is 5.56 Å². The molecule has 3 rings (SSSR count). The van der Waals surface area contributed by atoms with Gasteiger partial charge in [0.25, 0.3) is 0 Å². The fourth-order valence-electron chi connectivity index (χ4n) is 1.98. The van der Waals surface area contributed by atoms with Gasteiger partial charge in [0.2, 0.25) is 6.79 Å². The van der Waals surface area contributed by atoms with Gasteiger partial charge in [0.1, 0.15) is 0 Å².